The van der Waals surface area contributed by atoms with E-state index in [1.807, 2.05) is 0 Å². The number of nitrogens with one attached hydrogen (secondary N) is 1. The van der Waals surface area contributed by atoms with Crippen LogP contribution in [-0.2, 0) is 20.2 Å². The minimum atomic E-state index is -4.53. The Labute approximate surface area is 174 Å². The predicted octanol–water partition coefficient (Wildman–Crippen LogP) is 2.88. The molecule has 0 spiro atoms. The highest BCUT2D eigenvalue weighted by Crippen LogP contribution is 2.31. The molecular formula is C20H12N2O7S2. The summed E-state index contributed by atoms with van der Waals surface area (Å²) >= 11 is 0. The molecule has 31 heavy (non-hydrogen) atoms. The molecule has 0 fully saturated rings. The van der Waals surface area contributed by atoms with E-state index in [1.54, 1.807) is 30.3 Å². The summed E-state index contributed by atoms with van der Waals surface area (Å²) in [6.45, 7) is 0. The van der Waals surface area contributed by atoms with Crippen LogP contribution in [0.1, 0.15) is 0 Å². The Hall–Kier alpha value is -3.38. The van der Waals surface area contributed by atoms with E-state index in [2.05, 4.69) is 9.97 Å². The molecule has 0 aliphatic carbocycles. The van der Waals surface area contributed by atoms with Gasteiger partial charge < -0.3 is 4.98 Å². The number of nitrogens with zero attached hydrogens (tertiary/aromatic N) is 1. The van der Waals surface area contributed by atoms with Gasteiger partial charge in [0, 0.05) is 16.8 Å². The van der Waals surface area contributed by atoms with Crippen LogP contribution in [0.2, 0.25) is 0 Å². The lowest BCUT2D eigenvalue weighted by molar-refractivity contribution is 0.481. The van der Waals surface area contributed by atoms with Crippen LogP contribution in [0.15, 0.2) is 69.2 Å². The molecule has 0 radical (unpaired) electrons. The van der Waals surface area contributed by atoms with Gasteiger partial charge in [0.1, 0.15) is 10.4 Å². The fraction of sp³-hybridized carbons (Fsp3) is 0. The first-order valence-corrected chi connectivity index (χ1v) is 11.7. The lowest BCUT2D eigenvalue weighted by Crippen LogP contribution is -2.07. The Balaban J connectivity index is 1.91. The van der Waals surface area contributed by atoms with Crippen LogP contribution >= 0.6 is 0 Å². The van der Waals surface area contributed by atoms with Crippen LogP contribution in [0.5, 0.6) is 0 Å². The van der Waals surface area contributed by atoms with Gasteiger partial charge >= 0.3 is 0 Å². The summed E-state index contributed by atoms with van der Waals surface area (Å²) in [5.41, 5.74) is 0.784. The van der Waals surface area contributed by atoms with Crippen molar-refractivity contribution in [1.29, 1.82) is 0 Å². The normalized spacial score (nSPS) is 12.8. The highest BCUT2D eigenvalue weighted by atomic mass is 32.2. The third-order valence-corrected chi connectivity index (χ3v) is 6.81. The molecule has 0 amide bonds. The second-order valence-electron chi connectivity index (χ2n) is 6.98. The summed E-state index contributed by atoms with van der Waals surface area (Å²) in [4.78, 5) is 19.3. The summed E-state index contributed by atoms with van der Waals surface area (Å²) in [6, 6.07) is 12.8. The Bertz CT molecular complexity index is 1860. The summed E-state index contributed by atoms with van der Waals surface area (Å²) in [6.07, 6.45) is 0. The SMILES string of the molecule is O=c1cc(S(=O)(=O)O)cc2ccc3c(ccc4nc5c(S(=O)(=O)O)cccc5[nH]c43)c12. The van der Waals surface area contributed by atoms with Crippen molar-refractivity contribution in [3.05, 3.63) is 64.8 Å². The zero-order valence-corrected chi connectivity index (χ0v) is 17.0. The third-order valence-electron chi connectivity index (χ3n) is 5.10. The number of fused-ring (bicyclic) bond motifs is 6. The summed E-state index contributed by atoms with van der Waals surface area (Å²) in [5.74, 6) is 0. The number of aromatic amines is 1. The van der Waals surface area contributed by atoms with Crippen LogP contribution in [0.3, 0.4) is 0 Å². The van der Waals surface area contributed by atoms with Gasteiger partial charge in [0.2, 0.25) is 0 Å². The predicted molar refractivity (Wildman–Crippen MR) is 115 cm³/mol. The summed E-state index contributed by atoms with van der Waals surface area (Å²) in [5, 5.41) is 1.75. The number of rotatable bonds is 2. The van der Waals surface area contributed by atoms with Crippen molar-refractivity contribution in [3.8, 4) is 0 Å². The zero-order chi connectivity index (χ0) is 22.1. The van der Waals surface area contributed by atoms with Gasteiger partial charge in [0.15, 0.2) is 5.43 Å². The standard InChI is InChI=1S/C20H12N2O7S2/c23-16-9-11(30(24,25)26)8-10-4-5-13-12(18(10)16)6-7-15-19(13)21-14-2-1-3-17(20(14)22-15)31(27,28)29/h1-9,21H,(H,24,25,26)(H,27,28,29). The van der Waals surface area contributed by atoms with Gasteiger partial charge in [-0.3, -0.25) is 13.9 Å². The summed E-state index contributed by atoms with van der Waals surface area (Å²) < 4.78 is 65.0. The third kappa shape index (κ3) is 3.06. The molecule has 1 aromatic heterocycles. The topological polar surface area (TPSA) is 154 Å². The van der Waals surface area contributed by atoms with E-state index in [4.69, 9.17) is 0 Å². The van der Waals surface area contributed by atoms with Crippen LogP contribution < -0.4 is 5.43 Å². The molecule has 11 heteroatoms. The first-order chi connectivity index (χ1) is 14.5. The molecule has 0 aliphatic heterocycles. The molecule has 156 valence electrons. The molecule has 5 rings (SSSR count). The Morgan fingerprint density at radius 1 is 0.839 bits per heavy atom. The van der Waals surface area contributed by atoms with Gasteiger partial charge in [0.05, 0.1) is 21.4 Å². The number of hydrogen-bond acceptors (Lipinski definition) is 6. The van der Waals surface area contributed by atoms with E-state index in [0.717, 1.165) is 6.07 Å². The van der Waals surface area contributed by atoms with Crippen LogP contribution in [0, 0.1) is 0 Å². The van der Waals surface area contributed by atoms with E-state index in [1.165, 1.54) is 18.2 Å². The molecule has 0 saturated heterocycles. The summed E-state index contributed by atoms with van der Waals surface area (Å²) in [7, 11) is -9.02. The molecule has 0 aliphatic rings. The maximum absolute atomic E-state index is 12.7. The number of hydrogen-bond donors (Lipinski definition) is 3. The second kappa shape index (κ2) is 6.31. The number of aromatic nitrogens is 2. The lowest BCUT2D eigenvalue weighted by Gasteiger charge is -2.10. The van der Waals surface area contributed by atoms with Crippen molar-refractivity contribution in [2.24, 2.45) is 0 Å². The maximum Gasteiger partial charge on any atom is 0.296 e. The van der Waals surface area contributed by atoms with Gasteiger partial charge in [-0.15, -0.1) is 0 Å². The van der Waals surface area contributed by atoms with Gasteiger partial charge in [-0.2, -0.15) is 16.8 Å². The van der Waals surface area contributed by atoms with Crippen molar-refractivity contribution >= 4 is 63.8 Å². The average Bonchev–Trinajstić information content (AvgIpc) is 2.69. The minimum Gasteiger partial charge on any atom is -0.351 e. The number of H-pyrrole nitrogens is 1. The Morgan fingerprint density at radius 2 is 1.58 bits per heavy atom. The quantitative estimate of drug-likeness (QED) is 0.208. The largest absolute Gasteiger partial charge is 0.351 e. The van der Waals surface area contributed by atoms with E-state index >= 15 is 0 Å². The number of para-hydroxylation sites is 1. The molecule has 4 aromatic carbocycles. The molecule has 1 heterocycles. The highest BCUT2D eigenvalue weighted by molar-refractivity contribution is 7.86. The van der Waals surface area contributed by atoms with Gasteiger partial charge in [-0.25, -0.2) is 4.98 Å². The zero-order valence-electron chi connectivity index (χ0n) is 15.4. The molecule has 9 nitrogen and oxygen atoms in total. The smallest absolute Gasteiger partial charge is 0.296 e. The van der Waals surface area contributed by atoms with Crippen molar-refractivity contribution in [2.75, 3.05) is 0 Å². The molecule has 0 unspecified atom stereocenters. The Morgan fingerprint density at radius 3 is 2.29 bits per heavy atom. The van der Waals surface area contributed by atoms with Crippen LogP contribution in [0.4, 0.5) is 0 Å². The maximum atomic E-state index is 12.7. The fourth-order valence-corrected chi connectivity index (χ4v) is 4.96. The van der Waals surface area contributed by atoms with Crippen LogP contribution in [-0.4, -0.2) is 35.9 Å². The van der Waals surface area contributed by atoms with E-state index in [9.17, 15) is 30.7 Å². The molecule has 0 atom stereocenters. The second-order valence-corrected chi connectivity index (χ2v) is 9.79. The number of benzene rings is 4. The van der Waals surface area contributed by atoms with Crippen molar-refractivity contribution < 1.29 is 25.9 Å². The van der Waals surface area contributed by atoms with Gasteiger partial charge in [-0.05, 0) is 35.0 Å². The lowest BCUT2D eigenvalue weighted by atomic mass is 10.0. The van der Waals surface area contributed by atoms with Gasteiger partial charge in [0.25, 0.3) is 20.2 Å². The van der Waals surface area contributed by atoms with E-state index in [-0.39, 0.29) is 15.8 Å². The molecule has 0 saturated carbocycles. The van der Waals surface area contributed by atoms with Crippen LogP contribution in [0.25, 0.3) is 43.6 Å². The molecule has 0 bridgehead atoms. The Kier molecular flexibility index (Phi) is 3.98. The van der Waals surface area contributed by atoms with Crippen molar-refractivity contribution in [2.45, 2.75) is 9.79 Å². The first kappa shape index (κ1) is 19.6. The average molecular weight is 456 g/mol. The van der Waals surface area contributed by atoms with E-state index < -0.39 is 30.6 Å². The highest BCUT2D eigenvalue weighted by Gasteiger charge is 2.18. The molecular weight excluding hydrogens is 444 g/mol. The fourth-order valence-electron chi connectivity index (χ4n) is 3.78. The van der Waals surface area contributed by atoms with E-state index in [0.29, 0.717) is 32.7 Å². The van der Waals surface area contributed by atoms with Crippen molar-refractivity contribution in [3.63, 3.8) is 0 Å². The van der Waals surface area contributed by atoms with Gasteiger partial charge in [-0.1, -0.05) is 24.3 Å². The van der Waals surface area contributed by atoms with Crippen molar-refractivity contribution in [1.82, 2.24) is 9.97 Å². The monoisotopic (exact) mass is 456 g/mol. The molecule has 3 N–H and O–H groups in total. The minimum absolute atomic E-state index is 0.0694. The molecule has 5 aromatic rings. The first-order valence-electron chi connectivity index (χ1n) is 8.81.